The predicted octanol–water partition coefficient (Wildman–Crippen LogP) is 9.96. The summed E-state index contributed by atoms with van der Waals surface area (Å²) in [5, 5.41) is 0. The van der Waals surface area contributed by atoms with E-state index in [1.807, 2.05) is 66.7 Å². The molecule has 0 radical (unpaired) electrons. The number of ether oxygens (including phenoxy) is 5. The molecule has 8 nitrogen and oxygen atoms in total. The van der Waals surface area contributed by atoms with Crippen molar-refractivity contribution in [2.75, 3.05) is 39.6 Å². The highest BCUT2D eigenvalue weighted by Gasteiger charge is 2.37. The van der Waals surface area contributed by atoms with Crippen LogP contribution in [0.1, 0.15) is 61.3 Å². The zero-order chi connectivity index (χ0) is 38.0. The predicted molar refractivity (Wildman–Crippen MR) is 198 cm³/mol. The second kappa shape index (κ2) is 17.8. The summed E-state index contributed by atoms with van der Waals surface area (Å²) in [5.74, 6) is 0.825. The minimum atomic E-state index is -4.77. The largest absolute Gasteiger partial charge is 0.573 e. The van der Waals surface area contributed by atoms with Crippen LogP contribution < -0.4 is 19.1 Å². The third-order valence-corrected chi connectivity index (χ3v) is 9.45. The molecule has 4 aromatic rings. The Balaban J connectivity index is 0.904. The fraction of sp³-hybridized carbons (Fsp3) is 0.326. The number of hydrogen-bond acceptors (Lipinski definition) is 8. The van der Waals surface area contributed by atoms with Gasteiger partial charge in [-0.2, -0.15) is 4.89 Å². The van der Waals surface area contributed by atoms with E-state index in [-0.39, 0.29) is 23.7 Å². The number of alkyl halides is 3. The van der Waals surface area contributed by atoms with Gasteiger partial charge in [0.25, 0.3) is 0 Å². The molecule has 54 heavy (non-hydrogen) atoms. The van der Waals surface area contributed by atoms with Gasteiger partial charge in [-0.05, 0) is 107 Å². The number of benzene rings is 4. The zero-order valence-corrected chi connectivity index (χ0v) is 30.2. The summed E-state index contributed by atoms with van der Waals surface area (Å²) in [4.78, 5) is 23.6. The van der Waals surface area contributed by atoms with Crippen molar-refractivity contribution in [2.24, 2.45) is 5.41 Å². The average molecular weight is 745 g/mol. The van der Waals surface area contributed by atoms with Gasteiger partial charge < -0.3 is 28.6 Å². The third-order valence-electron chi connectivity index (χ3n) is 9.45. The number of esters is 1. The van der Waals surface area contributed by atoms with Gasteiger partial charge in [0.1, 0.15) is 23.9 Å². The summed E-state index contributed by atoms with van der Waals surface area (Å²) in [6.07, 6.45) is 4.70. The number of unbranched alkanes of at least 4 members (excludes halogenated alkanes) is 1. The SMILES string of the molecule is CCC1(COCCCCOc2ccc(C=CCOOc3ccc4c(c3)C(C)c3cc(OC(=O)/C=C/c5ccc(OC(F)(F)F)cc5)ccc3-4)cc2)COC1. The van der Waals surface area contributed by atoms with Gasteiger partial charge in [-0.1, -0.05) is 62.4 Å². The molecule has 1 unspecified atom stereocenters. The minimum Gasteiger partial charge on any atom is -0.494 e. The molecule has 0 saturated carbocycles. The lowest BCUT2D eigenvalue weighted by Crippen LogP contribution is -2.45. The van der Waals surface area contributed by atoms with Crippen LogP contribution >= 0.6 is 0 Å². The number of carbonyl (C=O) groups is 1. The van der Waals surface area contributed by atoms with E-state index in [1.54, 1.807) is 6.07 Å². The highest BCUT2D eigenvalue weighted by molar-refractivity contribution is 5.89. The van der Waals surface area contributed by atoms with E-state index in [2.05, 4.69) is 18.6 Å². The van der Waals surface area contributed by atoms with Crippen molar-refractivity contribution in [1.82, 2.24) is 0 Å². The van der Waals surface area contributed by atoms with Crippen LogP contribution in [0, 0.1) is 5.41 Å². The highest BCUT2D eigenvalue weighted by atomic mass is 19.4. The van der Waals surface area contributed by atoms with E-state index in [0.717, 1.165) is 79.3 Å². The van der Waals surface area contributed by atoms with E-state index in [9.17, 15) is 18.0 Å². The molecule has 11 heteroatoms. The van der Waals surface area contributed by atoms with E-state index in [1.165, 1.54) is 36.4 Å². The second-order valence-corrected chi connectivity index (χ2v) is 13.4. The number of carbonyl (C=O) groups excluding carboxylic acids is 1. The Kier molecular flexibility index (Phi) is 12.7. The molecule has 1 aliphatic carbocycles. The lowest BCUT2D eigenvalue weighted by atomic mass is 9.84. The zero-order valence-electron chi connectivity index (χ0n) is 30.2. The molecule has 1 atom stereocenters. The van der Waals surface area contributed by atoms with Crippen LogP contribution in [0.15, 0.2) is 97.1 Å². The smallest absolute Gasteiger partial charge is 0.494 e. The molecule has 0 spiro atoms. The first-order chi connectivity index (χ1) is 26.1. The molecule has 0 N–H and O–H groups in total. The molecule has 4 aromatic carbocycles. The Bertz CT molecular complexity index is 1910. The van der Waals surface area contributed by atoms with Crippen LogP contribution in [0.2, 0.25) is 0 Å². The minimum absolute atomic E-state index is 0.0111. The van der Waals surface area contributed by atoms with Gasteiger partial charge >= 0.3 is 12.3 Å². The Morgan fingerprint density at radius 1 is 0.815 bits per heavy atom. The molecule has 1 aliphatic heterocycles. The van der Waals surface area contributed by atoms with Gasteiger partial charge in [0.15, 0.2) is 5.75 Å². The van der Waals surface area contributed by atoms with Gasteiger partial charge in [-0.3, -0.25) is 0 Å². The number of rotatable bonds is 18. The van der Waals surface area contributed by atoms with Crippen LogP contribution in [-0.2, 0) is 19.2 Å². The van der Waals surface area contributed by atoms with Gasteiger partial charge in [0.05, 0.1) is 26.4 Å². The lowest BCUT2D eigenvalue weighted by Gasteiger charge is -2.40. The Morgan fingerprint density at radius 3 is 2.07 bits per heavy atom. The van der Waals surface area contributed by atoms with Crippen molar-refractivity contribution >= 4 is 18.1 Å². The van der Waals surface area contributed by atoms with Crippen LogP contribution in [-0.4, -0.2) is 52.0 Å². The molecule has 0 aromatic heterocycles. The van der Waals surface area contributed by atoms with E-state index in [0.29, 0.717) is 23.7 Å². The van der Waals surface area contributed by atoms with Crippen LogP contribution in [0.3, 0.4) is 0 Å². The van der Waals surface area contributed by atoms with Crippen LogP contribution in [0.5, 0.6) is 23.0 Å². The van der Waals surface area contributed by atoms with Gasteiger partial charge in [0.2, 0.25) is 0 Å². The number of halogens is 3. The van der Waals surface area contributed by atoms with E-state index in [4.69, 9.17) is 28.7 Å². The maximum absolute atomic E-state index is 12.5. The summed E-state index contributed by atoms with van der Waals surface area (Å²) in [6, 6.07) is 24.3. The van der Waals surface area contributed by atoms with Gasteiger partial charge in [-0.15, -0.1) is 13.2 Å². The second-order valence-electron chi connectivity index (χ2n) is 13.4. The molecule has 2 aliphatic rings. The van der Waals surface area contributed by atoms with Crippen molar-refractivity contribution < 1.29 is 51.4 Å². The van der Waals surface area contributed by atoms with Crippen LogP contribution in [0.4, 0.5) is 13.2 Å². The van der Waals surface area contributed by atoms with E-state index >= 15 is 0 Å². The van der Waals surface area contributed by atoms with Gasteiger partial charge in [0, 0.05) is 24.0 Å². The summed E-state index contributed by atoms with van der Waals surface area (Å²) < 4.78 is 63.6. The Morgan fingerprint density at radius 2 is 1.43 bits per heavy atom. The molecule has 1 saturated heterocycles. The fourth-order valence-electron chi connectivity index (χ4n) is 6.23. The molecule has 6 rings (SSSR count). The van der Waals surface area contributed by atoms with E-state index < -0.39 is 12.3 Å². The van der Waals surface area contributed by atoms with Crippen molar-refractivity contribution in [3.05, 3.63) is 119 Å². The first-order valence-corrected chi connectivity index (χ1v) is 18.0. The topological polar surface area (TPSA) is 81.7 Å². The standard InChI is InChI=1S/C43H43F3O8/c1-3-42(28-49-29-42)27-48-22-4-5-23-50-33-13-8-31(9-14-33)7-6-24-51-54-36-18-20-38-37-19-17-35(25-39(37)30(2)40(38)26-36)52-41(47)21-12-32-10-15-34(16-11-32)53-43(44,45)46/h6-21,25-26,30H,3-5,22-24,27-29H2,1-2H3/b7-6?,21-12+. The monoisotopic (exact) mass is 744 g/mol. The summed E-state index contributed by atoms with van der Waals surface area (Å²) in [6.45, 7) is 8.27. The molecule has 1 fully saturated rings. The first-order valence-electron chi connectivity index (χ1n) is 18.0. The van der Waals surface area contributed by atoms with Crippen molar-refractivity contribution in [2.45, 2.75) is 45.4 Å². The van der Waals surface area contributed by atoms with Crippen molar-refractivity contribution in [3.8, 4) is 34.1 Å². The van der Waals surface area contributed by atoms with Gasteiger partial charge in [-0.25, -0.2) is 4.79 Å². The average Bonchev–Trinajstić information content (AvgIpc) is 3.41. The number of hydrogen-bond donors (Lipinski definition) is 0. The molecular weight excluding hydrogens is 701 g/mol. The van der Waals surface area contributed by atoms with Crippen molar-refractivity contribution in [3.63, 3.8) is 0 Å². The molecule has 284 valence electrons. The van der Waals surface area contributed by atoms with Crippen molar-refractivity contribution in [1.29, 1.82) is 0 Å². The molecule has 1 heterocycles. The lowest BCUT2D eigenvalue weighted by molar-refractivity contribution is -0.274. The third kappa shape index (κ3) is 10.5. The summed E-state index contributed by atoms with van der Waals surface area (Å²) in [5.41, 5.74) is 5.91. The molecule has 0 bridgehead atoms. The Labute approximate surface area is 313 Å². The van der Waals surface area contributed by atoms with Crippen LogP contribution in [0.25, 0.3) is 23.3 Å². The normalized spacial score (nSPS) is 15.8. The maximum Gasteiger partial charge on any atom is 0.573 e. The maximum atomic E-state index is 12.5. The summed E-state index contributed by atoms with van der Waals surface area (Å²) in [7, 11) is 0. The summed E-state index contributed by atoms with van der Waals surface area (Å²) >= 11 is 0. The first kappa shape index (κ1) is 38.6. The fourth-order valence-corrected chi connectivity index (χ4v) is 6.23. The molecule has 0 amide bonds. The number of fused-ring (bicyclic) bond motifs is 3. The molecular formula is C43H43F3O8. The highest BCUT2D eigenvalue weighted by Crippen LogP contribution is 2.47. The Hall–Kier alpha value is -5.10. The quantitative estimate of drug-likeness (QED) is 0.0249.